The Labute approximate surface area is 168 Å². The highest BCUT2D eigenvalue weighted by Crippen LogP contribution is 2.37. The number of benzene rings is 1. The quantitative estimate of drug-likeness (QED) is 0.449. The molecule has 0 atom stereocenters. The third-order valence-electron chi connectivity index (χ3n) is 4.15. The van der Waals surface area contributed by atoms with Crippen molar-refractivity contribution in [2.75, 3.05) is 19.8 Å². The zero-order valence-electron chi connectivity index (χ0n) is 16.6. The van der Waals surface area contributed by atoms with E-state index in [-0.39, 0.29) is 48.2 Å². The van der Waals surface area contributed by atoms with Crippen LogP contribution in [0.15, 0.2) is 47.1 Å². The number of nitrogens with one attached hydrogen (secondary N) is 1. The second kappa shape index (κ2) is 9.63. The molecule has 1 aliphatic rings. The molecule has 5 N–H and O–H groups in total. The summed E-state index contributed by atoms with van der Waals surface area (Å²) in [4.78, 5) is 37.4. The van der Waals surface area contributed by atoms with Crippen LogP contribution in [0.3, 0.4) is 0 Å². The predicted octanol–water partition coefficient (Wildman–Crippen LogP) is 1.02. The summed E-state index contributed by atoms with van der Waals surface area (Å²) in [6.07, 6.45) is 0. The van der Waals surface area contributed by atoms with Gasteiger partial charge in [-0.2, -0.15) is 0 Å². The molecule has 9 nitrogen and oxygen atoms in total. The molecule has 0 spiro atoms. The van der Waals surface area contributed by atoms with Crippen molar-refractivity contribution < 1.29 is 28.6 Å². The molecule has 2 rings (SSSR count). The summed E-state index contributed by atoms with van der Waals surface area (Å²) in [5.41, 5.74) is 12.7. The topological polar surface area (TPSA) is 143 Å². The molecule has 1 aromatic carbocycles. The summed E-state index contributed by atoms with van der Waals surface area (Å²) >= 11 is 0. The third kappa shape index (κ3) is 4.68. The van der Waals surface area contributed by atoms with Gasteiger partial charge in [-0.15, -0.1) is 0 Å². The molecule has 0 bridgehead atoms. The van der Waals surface area contributed by atoms with Crippen LogP contribution in [0.2, 0.25) is 0 Å². The van der Waals surface area contributed by atoms with Crippen LogP contribution in [0.25, 0.3) is 0 Å². The predicted molar refractivity (Wildman–Crippen MR) is 104 cm³/mol. The van der Waals surface area contributed by atoms with E-state index in [0.29, 0.717) is 5.56 Å². The maximum Gasteiger partial charge on any atom is 0.338 e. The zero-order chi connectivity index (χ0) is 21.6. The van der Waals surface area contributed by atoms with Crippen molar-refractivity contribution in [3.8, 4) is 0 Å². The van der Waals surface area contributed by atoms with Gasteiger partial charge in [0.25, 0.3) is 0 Å². The lowest BCUT2D eigenvalue weighted by Crippen LogP contribution is -2.39. The molecule has 0 aliphatic carbocycles. The fourth-order valence-electron chi connectivity index (χ4n) is 3.00. The van der Waals surface area contributed by atoms with Crippen molar-refractivity contribution in [1.29, 1.82) is 0 Å². The highest BCUT2D eigenvalue weighted by atomic mass is 16.5. The standard InChI is InChI=1S/C20H25N3O6/c1-4-27-18(24)12-9-7-8-11(10-12)13-14(19(25)28-5-2)16(21)23-17(22)15(13)20(26)29-6-3/h7-10,13,23H,4-6,21-22H2,1-3H3. The molecular formula is C20H25N3O6. The summed E-state index contributed by atoms with van der Waals surface area (Å²) in [6.45, 7) is 5.42. The molecular weight excluding hydrogens is 378 g/mol. The van der Waals surface area contributed by atoms with Gasteiger partial charge in [-0.3, -0.25) is 0 Å². The van der Waals surface area contributed by atoms with Gasteiger partial charge in [-0.1, -0.05) is 12.1 Å². The number of esters is 3. The van der Waals surface area contributed by atoms with Gasteiger partial charge >= 0.3 is 17.9 Å². The summed E-state index contributed by atoms with van der Waals surface area (Å²) in [5.74, 6) is -3.02. The van der Waals surface area contributed by atoms with Gasteiger partial charge in [0.05, 0.1) is 42.4 Å². The minimum absolute atomic E-state index is 0.00473. The van der Waals surface area contributed by atoms with Crippen LogP contribution in [-0.2, 0) is 23.8 Å². The van der Waals surface area contributed by atoms with Gasteiger partial charge in [0.1, 0.15) is 11.6 Å². The van der Waals surface area contributed by atoms with E-state index in [1.54, 1.807) is 39.0 Å². The Morgan fingerprint density at radius 3 is 1.83 bits per heavy atom. The zero-order valence-corrected chi connectivity index (χ0v) is 16.6. The van der Waals surface area contributed by atoms with E-state index >= 15 is 0 Å². The smallest absolute Gasteiger partial charge is 0.338 e. The average Bonchev–Trinajstić information content (AvgIpc) is 2.67. The number of rotatable bonds is 7. The second-order valence-electron chi connectivity index (χ2n) is 6.00. The van der Waals surface area contributed by atoms with Gasteiger partial charge in [-0.25, -0.2) is 14.4 Å². The van der Waals surface area contributed by atoms with Crippen molar-refractivity contribution in [2.45, 2.75) is 26.7 Å². The van der Waals surface area contributed by atoms with E-state index in [9.17, 15) is 14.4 Å². The van der Waals surface area contributed by atoms with E-state index in [1.807, 2.05) is 0 Å². The number of nitrogens with two attached hydrogens (primary N) is 2. The highest BCUT2D eigenvalue weighted by molar-refractivity contribution is 6.00. The Morgan fingerprint density at radius 2 is 1.34 bits per heavy atom. The summed E-state index contributed by atoms with van der Waals surface area (Å²) < 4.78 is 15.3. The molecule has 29 heavy (non-hydrogen) atoms. The lowest BCUT2D eigenvalue weighted by molar-refractivity contribution is -0.139. The van der Waals surface area contributed by atoms with Gasteiger partial charge < -0.3 is 31.0 Å². The number of hydrogen-bond donors (Lipinski definition) is 3. The molecule has 0 radical (unpaired) electrons. The number of carbonyl (C=O) groups excluding carboxylic acids is 3. The van der Waals surface area contributed by atoms with Crippen LogP contribution < -0.4 is 16.8 Å². The summed E-state index contributed by atoms with van der Waals surface area (Å²) in [7, 11) is 0. The molecule has 1 heterocycles. The Hall–Kier alpha value is -3.49. The lowest BCUT2D eigenvalue weighted by atomic mass is 9.81. The second-order valence-corrected chi connectivity index (χ2v) is 6.00. The van der Waals surface area contributed by atoms with E-state index < -0.39 is 23.8 Å². The van der Waals surface area contributed by atoms with Crippen LogP contribution in [0.5, 0.6) is 0 Å². The number of dihydropyridines is 1. The fraction of sp³-hybridized carbons (Fsp3) is 0.350. The van der Waals surface area contributed by atoms with Gasteiger partial charge in [0.2, 0.25) is 0 Å². The van der Waals surface area contributed by atoms with Crippen LogP contribution in [0.1, 0.15) is 42.6 Å². The van der Waals surface area contributed by atoms with Crippen molar-refractivity contribution in [3.63, 3.8) is 0 Å². The Morgan fingerprint density at radius 1 is 0.862 bits per heavy atom. The fourth-order valence-corrected chi connectivity index (χ4v) is 3.00. The first-order chi connectivity index (χ1) is 13.8. The molecule has 0 aromatic heterocycles. The van der Waals surface area contributed by atoms with Crippen molar-refractivity contribution in [2.24, 2.45) is 11.5 Å². The van der Waals surface area contributed by atoms with Gasteiger partial charge in [0.15, 0.2) is 0 Å². The molecule has 1 aliphatic heterocycles. The first kappa shape index (κ1) is 21.8. The number of carbonyl (C=O) groups is 3. The molecule has 1 aromatic rings. The van der Waals surface area contributed by atoms with Crippen LogP contribution in [0.4, 0.5) is 0 Å². The van der Waals surface area contributed by atoms with E-state index in [4.69, 9.17) is 25.7 Å². The van der Waals surface area contributed by atoms with Gasteiger partial charge in [0, 0.05) is 0 Å². The normalized spacial score (nSPS) is 14.3. The van der Waals surface area contributed by atoms with Crippen LogP contribution in [-0.4, -0.2) is 37.7 Å². The molecule has 0 unspecified atom stereocenters. The molecule has 0 saturated heterocycles. The number of hydrogen-bond acceptors (Lipinski definition) is 9. The number of ether oxygens (including phenoxy) is 3. The highest BCUT2D eigenvalue weighted by Gasteiger charge is 2.39. The van der Waals surface area contributed by atoms with Crippen LogP contribution in [0, 0.1) is 0 Å². The monoisotopic (exact) mass is 403 g/mol. The SMILES string of the molecule is CCOC(=O)C1=C(N)NC(N)=C(C(=O)OCC)C1c1cccc(C(=O)OCC)c1. The van der Waals surface area contributed by atoms with E-state index in [0.717, 1.165) is 0 Å². The Kier molecular flexibility index (Phi) is 7.24. The Balaban J connectivity index is 2.65. The minimum atomic E-state index is -0.983. The maximum atomic E-state index is 12.6. The molecule has 156 valence electrons. The van der Waals surface area contributed by atoms with Gasteiger partial charge in [-0.05, 0) is 38.5 Å². The van der Waals surface area contributed by atoms with Crippen molar-refractivity contribution in [1.82, 2.24) is 5.32 Å². The lowest BCUT2D eigenvalue weighted by Gasteiger charge is -2.29. The molecule has 0 fully saturated rings. The summed E-state index contributed by atoms with van der Waals surface area (Å²) in [6, 6.07) is 6.35. The molecule has 0 amide bonds. The van der Waals surface area contributed by atoms with E-state index in [2.05, 4.69) is 5.32 Å². The van der Waals surface area contributed by atoms with Crippen LogP contribution >= 0.6 is 0 Å². The molecule has 0 saturated carbocycles. The third-order valence-corrected chi connectivity index (χ3v) is 4.15. The first-order valence-electron chi connectivity index (χ1n) is 9.23. The first-order valence-corrected chi connectivity index (χ1v) is 9.23. The van der Waals surface area contributed by atoms with Crippen molar-refractivity contribution in [3.05, 3.63) is 58.2 Å². The minimum Gasteiger partial charge on any atom is -0.463 e. The maximum absolute atomic E-state index is 12.6. The summed E-state index contributed by atoms with van der Waals surface area (Å²) in [5, 5.41) is 2.64. The average molecular weight is 403 g/mol. The Bertz CT molecular complexity index is 835. The van der Waals surface area contributed by atoms with E-state index in [1.165, 1.54) is 6.07 Å². The largest absolute Gasteiger partial charge is 0.463 e. The van der Waals surface area contributed by atoms with Crippen molar-refractivity contribution >= 4 is 17.9 Å². The molecule has 9 heteroatoms.